The molecule has 0 radical (unpaired) electrons. The maximum absolute atomic E-state index is 11.4. The minimum atomic E-state index is -0.158. The monoisotopic (exact) mass is 194 g/mol. The number of pyridine rings is 1. The summed E-state index contributed by atoms with van der Waals surface area (Å²) in [5.74, 6) is -0.158. The number of carbonyl (C=O) groups is 1. The topological polar surface area (TPSA) is 57.3 Å². The van der Waals surface area contributed by atoms with Crippen molar-refractivity contribution < 1.29 is 4.79 Å². The van der Waals surface area contributed by atoms with Crippen molar-refractivity contribution >= 4 is 5.91 Å². The van der Waals surface area contributed by atoms with Gasteiger partial charge in [-0.25, -0.2) is 5.43 Å². The molecule has 1 heterocycles. The quantitative estimate of drug-likeness (QED) is 0.516. The summed E-state index contributed by atoms with van der Waals surface area (Å²) < 4.78 is 0. The Kier molecular flexibility index (Phi) is 4.03. The van der Waals surface area contributed by atoms with Crippen molar-refractivity contribution in [1.29, 1.82) is 0 Å². The van der Waals surface area contributed by atoms with Crippen LogP contribution in [0.2, 0.25) is 0 Å². The van der Waals surface area contributed by atoms with Crippen molar-refractivity contribution in [3.63, 3.8) is 0 Å². The second-order valence-corrected chi connectivity index (χ2v) is 3.10. The SMILES string of the molecule is CN(C)CNNC(=O)c1ccncc1. The van der Waals surface area contributed by atoms with E-state index >= 15 is 0 Å². The minimum Gasteiger partial charge on any atom is -0.295 e. The Morgan fingerprint density at radius 2 is 2.07 bits per heavy atom. The van der Waals surface area contributed by atoms with Gasteiger partial charge < -0.3 is 0 Å². The van der Waals surface area contributed by atoms with Gasteiger partial charge in [0.2, 0.25) is 0 Å². The predicted molar refractivity (Wildman–Crippen MR) is 53.4 cm³/mol. The van der Waals surface area contributed by atoms with Crippen molar-refractivity contribution in [3.05, 3.63) is 30.1 Å². The molecule has 0 saturated heterocycles. The first-order chi connectivity index (χ1) is 6.70. The van der Waals surface area contributed by atoms with Gasteiger partial charge in [-0.15, -0.1) is 0 Å². The van der Waals surface area contributed by atoms with Gasteiger partial charge in [-0.3, -0.25) is 20.1 Å². The molecule has 0 atom stereocenters. The Bertz CT molecular complexity index is 286. The molecule has 0 aliphatic rings. The minimum absolute atomic E-state index is 0.158. The van der Waals surface area contributed by atoms with Gasteiger partial charge in [-0.05, 0) is 26.2 Å². The van der Waals surface area contributed by atoms with Crippen LogP contribution in [0.25, 0.3) is 0 Å². The molecule has 5 heteroatoms. The van der Waals surface area contributed by atoms with E-state index in [2.05, 4.69) is 15.8 Å². The second-order valence-electron chi connectivity index (χ2n) is 3.10. The smallest absolute Gasteiger partial charge is 0.265 e. The zero-order valence-corrected chi connectivity index (χ0v) is 8.32. The van der Waals surface area contributed by atoms with Crippen LogP contribution in [0.5, 0.6) is 0 Å². The summed E-state index contributed by atoms with van der Waals surface area (Å²) >= 11 is 0. The summed E-state index contributed by atoms with van der Waals surface area (Å²) in [5, 5.41) is 0. The average molecular weight is 194 g/mol. The molecule has 0 aliphatic heterocycles. The molecule has 1 aromatic rings. The van der Waals surface area contributed by atoms with E-state index < -0.39 is 0 Å². The first kappa shape index (κ1) is 10.6. The number of nitrogens with one attached hydrogen (secondary N) is 2. The Balaban J connectivity index is 2.36. The zero-order chi connectivity index (χ0) is 10.4. The molecule has 76 valence electrons. The summed E-state index contributed by atoms with van der Waals surface area (Å²) in [6, 6.07) is 3.32. The molecule has 0 aliphatic carbocycles. The molecule has 1 amide bonds. The van der Waals surface area contributed by atoms with Gasteiger partial charge in [0.15, 0.2) is 0 Å². The van der Waals surface area contributed by atoms with Crippen LogP contribution in [-0.4, -0.2) is 36.6 Å². The fraction of sp³-hybridized carbons (Fsp3) is 0.333. The molecule has 0 aromatic carbocycles. The van der Waals surface area contributed by atoms with Gasteiger partial charge in [-0.1, -0.05) is 0 Å². The molecule has 0 fully saturated rings. The average Bonchev–Trinajstić information content (AvgIpc) is 2.18. The van der Waals surface area contributed by atoms with Crippen LogP contribution in [0, 0.1) is 0 Å². The third-order valence-corrected chi connectivity index (χ3v) is 1.54. The van der Waals surface area contributed by atoms with Crippen molar-refractivity contribution in [2.75, 3.05) is 20.8 Å². The highest BCUT2D eigenvalue weighted by molar-refractivity contribution is 5.93. The van der Waals surface area contributed by atoms with Crippen LogP contribution < -0.4 is 10.9 Å². The Morgan fingerprint density at radius 1 is 1.43 bits per heavy atom. The highest BCUT2D eigenvalue weighted by atomic mass is 16.2. The Labute approximate surface area is 83.1 Å². The third-order valence-electron chi connectivity index (χ3n) is 1.54. The van der Waals surface area contributed by atoms with Crippen molar-refractivity contribution in [3.8, 4) is 0 Å². The summed E-state index contributed by atoms with van der Waals surface area (Å²) in [6.07, 6.45) is 3.17. The normalized spacial score (nSPS) is 10.2. The molecular formula is C9H14N4O. The lowest BCUT2D eigenvalue weighted by molar-refractivity contribution is 0.0924. The zero-order valence-electron chi connectivity index (χ0n) is 8.32. The van der Waals surface area contributed by atoms with E-state index in [0.29, 0.717) is 12.2 Å². The number of amides is 1. The first-order valence-corrected chi connectivity index (χ1v) is 4.28. The first-order valence-electron chi connectivity index (χ1n) is 4.28. The fourth-order valence-corrected chi connectivity index (χ4v) is 0.853. The number of hydrogen-bond acceptors (Lipinski definition) is 4. The number of carbonyl (C=O) groups excluding carboxylic acids is 1. The Morgan fingerprint density at radius 3 is 2.64 bits per heavy atom. The molecule has 14 heavy (non-hydrogen) atoms. The summed E-state index contributed by atoms with van der Waals surface area (Å²) in [5.41, 5.74) is 5.95. The van der Waals surface area contributed by atoms with E-state index in [1.807, 2.05) is 19.0 Å². The highest BCUT2D eigenvalue weighted by Gasteiger charge is 2.02. The molecule has 0 spiro atoms. The molecular weight excluding hydrogens is 180 g/mol. The highest BCUT2D eigenvalue weighted by Crippen LogP contribution is 1.93. The largest absolute Gasteiger partial charge is 0.295 e. The van der Waals surface area contributed by atoms with Crippen molar-refractivity contribution in [2.24, 2.45) is 0 Å². The number of nitrogens with zero attached hydrogens (tertiary/aromatic N) is 2. The second kappa shape index (κ2) is 5.31. The molecule has 1 aromatic heterocycles. The van der Waals surface area contributed by atoms with E-state index in [4.69, 9.17) is 0 Å². The standard InChI is InChI=1S/C9H14N4O/c1-13(2)7-11-12-9(14)8-3-5-10-6-4-8/h3-6,11H,7H2,1-2H3,(H,12,14). The molecule has 0 unspecified atom stereocenters. The lowest BCUT2D eigenvalue weighted by atomic mass is 10.3. The van der Waals surface area contributed by atoms with E-state index in [9.17, 15) is 4.79 Å². The molecule has 2 N–H and O–H groups in total. The molecule has 0 bridgehead atoms. The maximum atomic E-state index is 11.4. The van der Waals surface area contributed by atoms with Gasteiger partial charge in [0, 0.05) is 18.0 Å². The predicted octanol–water partition coefficient (Wildman–Crippen LogP) is -0.165. The van der Waals surface area contributed by atoms with Crippen LogP contribution in [0.15, 0.2) is 24.5 Å². The fourth-order valence-electron chi connectivity index (χ4n) is 0.853. The summed E-state index contributed by atoms with van der Waals surface area (Å²) in [7, 11) is 3.82. The van der Waals surface area contributed by atoms with Crippen LogP contribution in [0.4, 0.5) is 0 Å². The van der Waals surface area contributed by atoms with E-state index in [1.54, 1.807) is 24.5 Å². The lowest BCUT2D eigenvalue weighted by Gasteiger charge is -2.11. The Hall–Kier alpha value is -1.46. The number of aromatic nitrogens is 1. The van der Waals surface area contributed by atoms with E-state index in [0.717, 1.165) is 0 Å². The number of rotatable bonds is 4. The van der Waals surface area contributed by atoms with Crippen LogP contribution >= 0.6 is 0 Å². The number of hydrazine groups is 1. The van der Waals surface area contributed by atoms with Gasteiger partial charge in [-0.2, -0.15) is 0 Å². The van der Waals surface area contributed by atoms with E-state index in [1.165, 1.54) is 0 Å². The summed E-state index contributed by atoms with van der Waals surface area (Å²) in [4.78, 5) is 17.1. The molecule has 5 nitrogen and oxygen atoms in total. The molecule has 1 rings (SSSR count). The maximum Gasteiger partial charge on any atom is 0.265 e. The lowest BCUT2D eigenvalue weighted by Crippen LogP contribution is -2.42. The van der Waals surface area contributed by atoms with Crippen molar-refractivity contribution in [2.45, 2.75) is 0 Å². The van der Waals surface area contributed by atoms with Gasteiger partial charge in [0.05, 0.1) is 6.67 Å². The van der Waals surface area contributed by atoms with Crippen LogP contribution in [0.3, 0.4) is 0 Å². The van der Waals surface area contributed by atoms with Gasteiger partial charge in [0.1, 0.15) is 0 Å². The summed E-state index contributed by atoms with van der Waals surface area (Å²) in [6.45, 7) is 0.594. The van der Waals surface area contributed by atoms with Gasteiger partial charge >= 0.3 is 0 Å². The number of hydrogen-bond donors (Lipinski definition) is 2. The van der Waals surface area contributed by atoms with Gasteiger partial charge in [0.25, 0.3) is 5.91 Å². The van der Waals surface area contributed by atoms with Crippen LogP contribution in [0.1, 0.15) is 10.4 Å². The van der Waals surface area contributed by atoms with E-state index in [-0.39, 0.29) is 5.91 Å². The molecule has 0 saturated carbocycles. The third kappa shape index (κ3) is 3.51. The van der Waals surface area contributed by atoms with Crippen molar-refractivity contribution in [1.82, 2.24) is 20.7 Å². The van der Waals surface area contributed by atoms with Crippen LogP contribution in [-0.2, 0) is 0 Å².